The Hall–Kier alpha value is -2.60. The van der Waals surface area contributed by atoms with Crippen molar-refractivity contribution in [1.82, 2.24) is 10.2 Å². The number of carbonyl (C=O) groups is 1. The lowest BCUT2D eigenvalue weighted by atomic mass is 9.87. The van der Waals surface area contributed by atoms with Gasteiger partial charge in [0.15, 0.2) is 5.11 Å². The van der Waals surface area contributed by atoms with Gasteiger partial charge in [0.25, 0.3) is 5.91 Å². The summed E-state index contributed by atoms with van der Waals surface area (Å²) in [6, 6.07) is 13.7. The minimum Gasteiger partial charge on any atom is -0.497 e. The third-order valence-corrected chi connectivity index (χ3v) is 4.99. The van der Waals surface area contributed by atoms with Crippen LogP contribution in [-0.4, -0.2) is 37.1 Å². The van der Waals surface area contributed by atoms with Crippen LogP contribution in [0.5, 0.6) is 5.75 Å². The number of benzene rings is 2. The maximum absolute atomic E-state index is 12.0. The molecule has 2 aromatic carbocycles. The number of aryl methyl sites for hydroxylation is 1. The zero-order chi connectivity index (χ0) is 19.4. The van der Waals surface area contributed by atoms with Crippen molar-refractivity contribution in [3.05, 3.63) is 59.2 Å². The molecule has 27 heavy (non-hydrogen) atoms. The van der Waals surface area contributed by atoms with Gasteiger partial charge in [-0.05, 0) is 79.0 Å². The fourth-order valence-corrected chi connectivity index (χ4v) is 3.61. The van der Waals surface area contributed by atoms with Crippen molar-refractivity contribution in [2.75, 3.05) is 26.5 Å². The van der Waals surface area contributed by atoms with Crippen LogP contribution in [0.15, 0.2) is 42.5 Å². The molecule has 0 aliphatic heterocycles. The number of ether oxygens (including phenoxy) is 1. The highest BCUT2D eigenvalue weighted by Crippen LogP contribution is 2.32. The Kier molecular flexibility index (Phi) is 5.96. The molecule has 0 fully saturated rings. The Morgan fingerprint density at radius 2 is 1.93 bits per heavy atom. The molecule has 0 bridgehead atoms. The van der Waals surface area contributed by atoms with Gasteiger partial charge in [0.05, 0.1) is 13.2 Å². The second-order valence-corrected chi connectivity index (χ2v) is 7.29. The summed E-state index contributed by atoms with van der Waals surface area (Å²) >= 11 is 5.50. The molecule has 1 unspecified atom stereocenters. The molecule has 0 heterocycles. The zero-order valence-corrected chi connectivity index (χ0v) is 16.7. The lowest BCUT2D eigenvalue weighted by Gasteiger charge is -2.28. The number of thiocarbonyl (C=S) groups is 1. The Labute approximate surface area is 165 Å². The molecule has 1 atom stereocenters. The van der Waals surface area contributed by atoms with E-state index in [9.17, 15) is 4.79 Å². The van der Waals surface area contributed by atoms with E-state index in [1.807, 2.05) is 18.2 Å². The van der Waals surface area contributed by atoms with E-state index in [0.717, 1.165) is 30.7 Å². The number of hydrogen-bond donors (Lipinski definition) is 2. The summed E-state index contributed by atoms with van der Waals surface area (Å²) in [5, 5.41) is 7.21. The highest BCUT2D eigenvalue weighted by Gasteiger charge is 2.21. The Balaban J connectivity index is 1.64. The van der Waals surface area contributed by atoms with Crippen molar-refractivity contribution in [3.63, 3.8) is 0 Å². The number of amides is 1. The molecule has 2 N–H and O–H groups in total. The highest BCUT2D eigenvalue weighted by molar-refractivity contribution is 7.80. The van der Waals surface area contributed by atoms with Crippen molar-refractivity contribution in [2.24, 2.45) is 0 Å². The molecule has 2 aromatic rings. The number of hydrogen-bond acceptors (Lipinski definition) is 3. The number of nitrogens with zero attached hydrogens (tertiary/aromatic N) is 1. The van der Waals surface area contributed by atoms with E-state index >= 15 is 0 Å². The largest absolute Gasteiger partial charge is 0.497 e. The van der Waals surface area contributed by atoms with Gasteiger partial charge in [0, 0.05) is 25.3 Å². The number of anilines is 1. The highest BCUT2D eigenvalue weighted by atomic mass is 32.1. The van der Waals surface area contributed by atoms with Gasteiger partial charge in [0.2, 0.25) is 0 Å². The van der Waals surface area contributed by atoms with Crippen LogP contribution in [0.4, 0.5) is 5.69 Å². The molecule has 0 saturated heterocycles. The smallest absolute Gasteiger partial charge is 0.253 e. The molecule has 1 amide bonds. The first-order valence-electron chi connectivity index (χ1n) is 9.04. The van der Waals surface area contributed by atoms with E-state index in [-0.39, 0.29) is 11.9 Å². The van der Waals surface area contributed by atoms with Crippen LogP contribution < -0.4 is 15.4 Å². The molecule has 5 nitrogen and oxygen atoms in total. The van der Waals surface area contributed by atoms with E-state index in [4.69, 9.17) is 17.0 Å². The SMILES string of the molecule is COc1ccc2c(c1)CCCC2NC(=S)Nc1ccc(C(=O)N(C)C)cc1. The fourth-order valence-electron chi connectivity index (χ4n) is 3.35. The van der Waals surface area contributed by atoms with Gasteiger partial charge >= 0.3 is 0 Å². The summed E-state index contributed by atoms with van der Waals surface area (Å²) in [4.78, 5) is 13.5. The summed E-state index contributed by atoms with van der Waals surface area (Å²) in [6.45, 7) is 0. The lowest BCUT2D eigenvalue weighted by molar-refractivity contribution is 0.0827. The third kappa shape index (κ3) is 4.57. The quantitative estimate of drug-likeness (QED) is 0.788. The van der Waals surface area contributed by atoms with Gasteiger partial charge in [-0.2, -0.15) is 0 Å². The van der Waals surface area contributed by atoms with E-state index < -0.39 is 0 Å². The maximum Gasteiger partial charge on any atom is 0.253 e. The van der Waals surface area contributed by atoms with Crippen molar-refractivity contribution in [1.29, 1.82) is 0 Å². The van der Waals surface area contributed by atoms with Gasteiger partial charge < -0.3 is 20.3 Å². The minimum absolute atomic E-state index is 0.0171. The summed E-state index contributed by atoms with van der Waals surface area (Å²) in [5.41, 5.74) is 4.10. The molecule has 0 saturated carbocycles. The summed E-state index contributed by atoms with van der Waals surface area (Å²) < 4.78 is 5.33. The normalized spacial score (nSPS) is 15.4. The fraction of sp³-hybridized carbons (Fsp3) is 0.333. The summed E-state index contributed by atoms with van der Waals surface area (Å²) in [6.07, 6.45) is 3.21. The second-order valence-electron chi connectivity index (χ2n) is 6.88. The first-order chi connectivity index (χ1) is 13.0. The average Bonchev–Trinajstić information content (AvgIpc) is 2.67. The molecule has 6 heteroatoms. The Morgan fingerprint density at radius 1 is 1.19 bits per heavy atom. The van der Waals surface area contributed by atoms with Gasteiger partial charge in [-0.25, -0.2) is 0 Å². The number of methoxy groups -OCH3 is 1. The van der Waals surface area contributed by atoms with Crippen LogP contribution in [0.3, 0.4) is 0 Å². The van der Waals surface area contributed by atoms with E-state index in [1.54, 1.807) is 38.2 Å². The van der Waals surface area contributed by atoms with Crippen LogP contribution in [0.1, 0.15) is 40.4 Å². The molecular formula is C21H25N3O2S. The van der Waals surface area contributed by atoms with E-state index in [1.165, 1.54) is 11.1 Å². The minimum atomic E-state index is -0.0171. The number of carbonyl (C=O) groups excluding carboxylic acids is 1. The lowest BCUT2D eigenvalue weighted by Crippen LogP contribution is -2.34. The topological polar surface area (TPSA) is 53.6 Å². The predicted octanol–water partition coefficient (Wildman–Crippen LogP) is 3.76. The van der Waals surface area contributed by atoms with Crippen LogP contribution >= 0.6 is 12.2 Å². The maximum atomic E-state index is 12.0. The number of nitrogens with one attached hydrogen (secondary N) is 2. The molecule has 0 spiro atoms. The van der Waals surface area contributed by atoms with Gasteiger partial charge in [0.1, 0.15) is 5.75 Å². The summed E-state index contributed by atoms with van der Waals surface area (Å²) in [7, 11) is 5.17. The monoisotopic (exact) mass is 383 g/mol. The molecule has 0 radical (unpaired) electrons. The molecule has 3 rings (SSSR count). The summed E-state index contributed by atoms with van der Waals surface area (Å²) in [5.74, 6) is 0.874. The Morgan fingerprint density at radius 3 is 2.59 bits per heavy atom. The van der Waals surface area contributed by atoms with Crippen molar-refractivity contribution in [2.45, 2.75) is 25.3 Å². The van der Waals surface area contributed by atoms with Crippen LogP contribution in [0.25, 0.3) is 0 Å². The van der Waals surface area contributed by atoms with Crippen molar-refractivity contribution in [3.8, 4) is 5.75 Å². The molecule has 1 aliphatic carbocycles. The van der Waals surface area contributed by atoms with Gasteiger partial charge in [-0.15, -0.1) is 0 Å². The molecule has 142 valence electrons. The van der Waals surface area contributed by atoms with Gasteiger partial charge in [-0.3, -0.25) is 4.79 Å². The van der Waals surface area contributed by atoms with Crippen LogP contribution in [0, 0.1) is 0 Å². The average molecular weight is 384 g/mol. The number of rotatable bonds is 4. The van der Waals surface area contributed by atoms with Crippen molar-refractivity contribution >= 4 is 28.9 Å². The molecule has 1 aliphatic rings. The second kappa shape index (κ2) is 8.39. The third-order valence-electron chi connectivity index (χ3n) is 4.77. The van der Waals surface area contributed by atoms with Crippen LogP contribution in [-0.2, 0) is 6.42 Å². The predicted molar refractivity (Wildman–Crippen MR) is 112 cm³/mol. The van der Waals surface area contributed by atoms with Crippen molar-refractivity contribution < 1.29 is 9.53 Å². The zero-order valence-electron chi connectivity index (χ0n) is 15.9. The number of fused-ring (bicyclic) bond motifs is 1. The first kappa shape index (κ1) is 19.2. The van der Waals surface area contributed by atoms with E-state index in [0.29, 0.717) is 10.7 Å². The van der Waals surface area contributed by atoms with Gasteiger partial charge in [-0.1, -0.05) is 6.07 Å². The molecule has 0 aromatic heterocycles. The standard InChI is InChI=1S/C21H25N3O2S/c1-24(2)20(25)14-7-9-16(10-8-14)22-21(27)23-19-6-4-5-15-13-17(26-3)11-12-18(15)19/h7-13,19H,4-6H2,1-3H3,(H2,22,23,27). The van der Waals surface area contributed by atoms with E-state index in [2.05, 4.69) is 22.8 Å². The van der Waals surface area contributed by atoms with Crippen LogP contribution in [0.2, 0.25) is 0 Å². The Bertz CT molecular complexity index is 834. The molecular weight excluding hydrogens is 358 g/mol. The first-order valence-corrected chi connectivity index (χ1v) is 9.45.